The van der Waals surface area contributed by atoms with Gasteiger partial charge in [0.1, 0.15) is 0 Å². The summed E-state index contributed by atoms with van der Waals surface area (Å²) in [5.41, 5.74) is 0.0693. The second-order valence-electron chi connectivity index (χ2n) is 5.13. The van der Waals surface area contributed by atoms with Crippen LogP contribution in [-0.4, -0.2) is 26.9 Å². The zero-order chi connectivity index (χ0) is 12.8. The lowest BCUT2D eigenvalue weighted by Gasteiger charge is -2.36. The molecule has 0 unspecified atom stereocenters. The van der Waals surface area contributed by atoms with Crippen molar-refractivity contribution < 1.29 is 13.2 Å². The molecule has 0 aromatic rings. The van der Waals surface area contributed by atoms with Gasteiger partial charge in [-0.3, -0.25) is 0 Å². The predicted molar refractivity (Wildman–Crippen MR) is 69.3 cm³/mol. The summed E-state index contributed by atoms with van der Waals surface area (Å²) in [6.45, 7) is 0. The molecule has 1 rings (SSSR count). The van der Waals surface area contributed by atoms with Crippen molar-refractivity contribution in [2.45, 2.75) is 63.4 Å². The Hall–Kier alpha value is -0.130. The summed E-state index contributed by atoms with van der Waals surface area (Å²) in [5, 5.41) is 4.96. The van der Waals surface area contributed by atoms with Crippen LogP contribution < -0.4 is 5.14 Å². The number of hydrogen-bond acceptors (Lipinski definition) is 3. The van der Waals surface area contributed by atoms with E-state index in [1.54, 1.807) is 7.11 Å². The van der Waals surface area contributed by atoms with Crippen LogP contribution in [0.5, 0.6) is 0 Å². The number of nitrogens with two attached hydrogens (primary N) is 1. The van der Waals surface area contributed by atoms with Crippen LogP contribution in [0, 0.1) is 0 Å². The smallest absolute Gasteiger partial charge is 0.209 e. The van der Waals surface area contributed by atoms with Gasteiger partial charge in [-0.1, -0.05) is 32.1 Å². The Labute approximate surface area is 105 Å². The van der Waals surface area contributed by atoms with E-state index in [9.17, 15) is 8.42 Å². The SMILES string of the molecule is COC1(CCCCCS(N)(=O)=O)CCCCC1. The van der Waals surface area contributed by atoms with Crippen molar-refractivity contribution in [2.24, 2.45) is 5.14 Å². The molecule has 102 valence electrons. The molecule has 5 heteroatoms. The fraction of sp³-hybridized carbons (Fsp3) is 1.00. The lowest BCUT2D eigenvalue weighted by Crippen LogP contribution is -2.33. The highest BCUT2D eigenvalue weighted by molar-refractivity contribution is 7.89. The maximum Gasteiger partial charge on any atom is 0.209 e. The topological polar surface area (TPSA) is 69.4 Å². The van der Waals surface area contributed by atoms with E-state index >= 15 is 0 Å². The van der Waals surface area contributed by atoms with Gasteiger partial charge in [0.05, 0.1) is 11.4 Å². The number of hydrogen-bond donors (Lipinski definition) is 1. The molecule has 0 atom stereocenters. The number of rotatable bonds is 7. The highest BCUT2D eigenvalue weighted by Crippen LogP contribution is 2.35. The van der Waals surface area contributed by atoms with Gasteiger partial charge in [0.15, 0.2) is 0 Å². The Morgan fingerprint density at radius 2 is 1.76 bits per heavy atom. The molecule has 0 aliphatic heterocycles. The monoisotopic (exact) mass is 263 g/mol. The summed E-state index contributed by atoms with van der Waals surface area (Å²) in [7, 11) is -1.48. The molecule has 0 saturated heterocycles. The molecule has 1 aliphatic carbocycles. The highest BCUT2D eigenvalue weighted by Gasteiger charge is 2.30. The first-order valence-corrected chi connectivity index (χ1v) is 8.25. The molecular weight excluding hydrogens is 238 g/mol. The zero-order valence-electron chi connectivity index (χ0n) is 10.8. The summed E-state index contributed by atoms with van der Waals surface area (Å²) in [6.07, 6.45) is 9.79. The zero-order valence-corrected chi connectivity index (χ0v) is 11.6. The average Bonchev–Trinajstić information content (AvgIpc) is 2.28. The quantitative estimate of drug-likeness (QED) is 0.716. The summed E-state index contributed by atoms with van der Waals surface area (Å²) in [5.74, 6) is 0.104. The molecule has 2 N–H and O–H groups in total. The lowest BCUT2D eigenvalue weighted by molar-refractivity contribution is -0.0470. The van der Waals surface area contributed by atoms with Gasteiger partial charge >= 0.3 is 0 Å². The van der Waals surface area contributed by atoms with Crippen LogP contribution >= 0.6 is 0 Å². The third-order valence-corrected chi connectivity index (χ3v) is 4.62. The van der Waals surface area contributed by atoms with E-state index < -0.39 is 10.0 Å². The minimum Gasteiger partial charge on any atom is -0.378 e. The second-order valence-corrected chi connectivity index (χ2v) is 6.86. The van der Waals surface area contributed by atoms with E-state index in [4.69, 9.17) is 9.88 Å². The summed E-state index contributed by atoms with van der Waals surface area (Å²) < 4.78 is 27.2. The molecule has 17 heavy (non-hydrogen) atoms. The Morgan fingerprint density at radius 1 is 1.12 bits per heavy atom. The van der Waals surface area contributed by atoms with E-state index in [1.807, 2.05) is 0 Å². The lowest BCUT2D eigenvalue weighted by atomic mass is 9.81. The van der Waals surface area contributed by atoms with Crippen molar-refractivity contribution in [3.05, 3.63) is 0 Å². The maximum absolute atomic E-state index is 10.8. The Morgan fingerprint density at radius 3 is 2.29 bits per heavy atom. The summed E-state index contributed by atoms with van der Waals surface area (Å²) in [6, 6.07) is 0. The second kappa shape index (κ2) is 6.71. The van der Waals surface area contributed by atoms with Crippen molar-refractivity contribution in [3.63, 3.8) is 0 Å². The third kappa shape index (κ3) is 5.84. The third-order valence-electron chi connectivity index (χ3n) is 3.76. The maximum atomic E-state index is 10.8. The first kappa shape index (κ1) is 14.9. The normalized spacial score (nSPS) is 20.4. The molecule has 0 heterocycles. The molecule has 0 aromatic carbocycles. The molecular formula is C12H25NO3S. The molecule has 4 nitrogen and oxygen atoms in total. The Bertz CT molecular complexity index is 308. The van der Waals surface area contributed by atoms with Crippen LogP contribution in [0.15, 0.2) is 0 Å². The van der Waals surface area contributed by atoms with Crippen molar-refractivity contribution in [1.29, 1.82) is 0 Å². The van der Waals surface area contributed by atoms with E-state index in [2.05, 4.69) is 0 Å². The number of unbranched alkanes of at least 4 members (excludes halogenated alkanes) is 2. The first-order valence-electron chi connectivity index (χ1n) is 6.53. The number of methoxy groups -OCH3 is 1. The number of sulfonamides is 1. The van der Waals surface area contributed by atoms with Crippen LogP contribution in [-0.2, 0) is 14.8 Å². The van der Waals surface area contributed by atoms with Gasteiger partial charge in [0.25, 0.3) is 0 Å². The fourth-order valence-corrected chi connectivity index (χ4v) is 3.29. The number of ether oxygens (including phenoxy) is 1. The summed E-state index contributed by atoms with van der Waals surface area (Å²) in [4.78, 5) is 0. The minimum atomic E-state index is -3.28. The molecule has 1 fully saturated rings. The fourth-order valence-electron chi connectivity index (χ4n) is 2.68. The van der Waals surface area contributed by atoms with Crippen molar-refractivity contribution in [2.75, 3.05) is 12.9 Å². The Balaban J connectivity index is 2.20. The molecule has 0 spiro atoms. The van der Waals surface area contributed by atoms with Gasteiger partial charge in [-0.25, -0.2) is 13.6 Å². The highest BCUT2D eigenvalue weighted by atomic mass is 32.2. The van der Waals surface area contributed by atoms with Crippen LogP contribution in [0.4, 0.5) is 0 Å². The average molecular weight is 263 g/mol. The van der Waals surface area contributed by atoms with Crippen LogP contribution in [0.3, 0.4) is 0 Å². The van der Waals surface area contributed by atoms with Crippen LogP contribution in [0.2, 0.25) is 0 Å². The van der Waals surface area contributed by atoms with E-state index in [0.717, 1.165) is 32.1 Å². The molecule has 0 bridgehead atoms. The van der Waals surface area contributed by atoms with E-state index in [1.165, 1.54) is 19.3 Å². The first-order chi connectivity index (χ1) is 7.97. The van der Waals surface area contributed by atoms with Gasteiger partial charge in [0.2, 0.25) is 10.0 Å². The molecule has 1 aliphatic rings. The predicted octanol–water partition coefficient (Wildman–Crippen LogP) is 2.18. The van der Waals surface area contributed by atoms with Gasteiger partial charge in [0, 0.05) is 7.11 Å². The largest absolute Gasteiger partial charge is 0.378 e. The molecule has 0 amide bonds. The van der Waals surface area contributed by atoms with Crippen LogP contribution in [0.1, 0.15) is 57.8 Å². The van der Waals surface area contributed by atoms with Gasteiger partial charge in [-0.05, 0) is 25.7 Å². The van der Waals surface area contributed by atoms with Gasteiger partial charge < -0.3 is 4.74 Å². The standard InChI is InChI=1S/C12H25NO3S/c1-16-12(8-4-2-5-9-12)10-6-3-7-11-17(13,14)15/h2-11H2,1H3,(H2,13,14,15). The molecule has 0 radical (unpaired) electrons. The number of primary sulfonamides is 1. The summed E-state index contributed by atoms with van der Waals surface area (Å²) >= 11 is 0. The minimum absolute atomic E-state index is 0.0693. The van der Waals surface area contributed by atoms with Crippen molar-refractivity contribution in [3.8, 4) is 0 Å². The van der Waals surface area contributed by atoms with E-state index in [-0.39, 0.29) is 11.4 Å². The van der Waals surface area contributed by atoms with Gasteiger partial charge in [-0.15, -0.1) is 0 Å². The Kier molecular flexibility index (Phi) is 5.89. The van der Waals surface area contributed by atoms with Crippen LogP contribution in [0.25, 0.3) is 0 Å². The molecule has 0 aromatic heterocycles. The van der Waals surface area contributed by atoms with E-state index in [0.29, 0.717) is 6.42 Å². The van der Waals surface area contributed by atoms with Crippen molar-refractivity contribution >= 4 is 10.0 Å². The molecule has 1 saturated carbocycles. The van der Waals surface area contributed by atoms with Crippen molar-refractivity contribution in [1.82, 2.24) is 0 Å². The van der Waals surface area contributed by atoms with Gasteiger partial charge in [-0.2, -0.15) is 0 Å².